The maximum Gasteiger partial charge on any atom is -0.00107 e. The topological polar surface area (TPSA) is 3.24 Å². The predicted molar refractivity (Wildman–Crippen MR) is 58.9 cm³/mol. The van der Waals surface area contributed by atoms with Gasteiger partial charge >= 0.3 is 0 Å². The highest BCUT2D eigenvalue weighted by Gasteiger charge is 2.16. The van der Waals surface area contributed by atoms with Gasteiger partial charge in [0.1, 0.15) is 0 Å². The van der Waals surface area contributed by atoms with Gasteiger partial charge in [0.05, 0.1) is 0 Å². The average molecular weight is 181 g/mol. The summed E-state index contributed by atoms with van der Waals surface area (Å²) in [5.41, 5.74) is 0.317. The molecule has 0 bridgehead atoms. The van der Waals surface area contributed by atoms with E-state index in [1.165, 1.54) is 45.3 Å². The Hall–Kier alpha value is -0.300. The summed E-state index contributed by atoms with van der Waals surface area (Å²) in [6, 6.07) is 0. The standard InChI is InChI=1S/C12H23N/c1-4-12(2,3)8-11-13-9-6-5-7-10-13/h4H,1,5-11H2,2-3H3. The lowest BCUT2D eigenvalue weighted by Gasteiger charge is -2.29. The Morgan fingerprint density at radius 2 is 1.85 bits per heavy atom. The van der Waals surface area contributed by atoms with Crippen LogP contribution in [0.25, 0.3) is 0 Å². The molecule has 1 aliphatic heterocycles. The first-order valence-electron chi connectivity index (χ1n) is 5.50. The van der Waals surface area contributed by atoms with E-state index < -0.39 is 0 Å². The minimum atomic E-state index is 0.317. The second-order valence-electron chi connectivity index (χ2n) is 4.85. The van der Waals surface area contributed by atoms with Gasteiger partial charge in [-0.1, -0.05) is 26.3 Å². The molecule has 1 fully saturated rings. The second kappa shape index (κ2) is 4.80. The van der Waals surface area contributed by atoms with E-state index in [-0.39, 0.29) is 0 Å². The Kier molecular flexibility index (Phi) is 3.98. The lowest BCUT2D eigenvalue weighted by atomic mass is 9.89. The second-order valence-corrected chi connectivity index (χ2v) is 4.85. The molecule has 0 amide bonds. The highest BCUT2D eigenvalue weighted by molar-refractivity contribution is 4.88. The molecule has 1 saturated heterocycles. The fourth-order valence-corrected chi connectivity index (χ4v) is 1.73. The van der Waals surface area contributed by atoms with Crippen molar-refractivity contribution in [3.63, 3.8) is 0 Å². The van der Waals surface area contributed by atoms with E-state index in [1.807, 2.05) is 0 Å². The van der Waals surface area contributed by atoms with E-state index >= 15 is 0 Å². The van der Waals surface area contributed by atoms with E-state index in [4.69, 9.17) is 0 Å². The van der Waals surface area contributed by atoms with E-state index in [9.17, 15) is 0 Å². The quantitative estimate of drug-likeness (QED) is 0.602. The molecule has 0 radical (unpaired) electrons. The van der Waals surface area contributed by atoms with Gasteiger partial charge < -0.3 is 4.90 Å². The monoisotopic (exact) mass is 181 g/mol. The minimum absolute atomic E-state index is 0.317. The molecule has 0 atom stereocenters. The zero-order chi connectivity index (χ0) is 9.73. The van der Waals surface area contributed by atoms with Gasteiger partial charge in [-0.15, -0.1) is 6.58 Å². The maximum atomic E-state index is 3.88. The molecule has 0 spiro atoms. The summed E-state index contributed by atoms with van der Waals surface area (Å²) in [7, 11) is 0. The fourth-order valence-electron chi connectivity index (χ4n) is 1.73. The Bertz CT molecular complexity index is 155. The van der Waals surface area contributed by atoms with Crippen LogP contribution < -0.4 is 0 Å². The van der Waals surface area contributed by atoms with Crippen molar-refractivity contribution in [2.24, 2.45) is 5.41 Å². The summed E-state index contributed by atoms with van der Waals surface area (Å²) >= 11 is 0. The number of likely N-dealkylation sites (tertiary alicyclic amines) is 1. The van der Waals surface area contributed by atoms with Crippen molar-refractivity contribution in [1.29, 1.82) is 0 Å². The van der Waals surface area contributed by atoms with Crippen LogP contribution in [-0.2, 0) is 0 Å². The van der Waals surface area contributed by atoms with Gasteiger partial charge in [0.15, 0.2) is 0 Å². The first-order chi connectivity index (χ1) is 6.14. The summed E-state index contributed by atoms with van der Waals surface area (Å²) < 4.78 is 0. The number of nitrogens with zero attached hydrogens (tertiary/aromatic N) is 1. The van der Waals surface area contributed by atoms with Gasteiger partial charge in [-0.25, -0.2) is 0 Å². The van der Waals surface area contributed by atoms with Gasteiger partial charge in [0, 0.05) is 0 Å². The van der Waals surface area contributed by atoms with Gasteiger partial charge in [-0.2, -0.15) is 0 Å². The summed E-state index contributed by atoms with van der Waals surface area (Å²) in [6.07, 6.45) is 7.55. The molecule has 0 aromatic heterocycles. The van der Waals surface area contributed by atoms with Crippen molar-refractivity contribution in [3.05, 3.63) is 12.7 Å². The smallest absolute Gasteiger partial charge is 0.00107 e. The zero-order valence-corrected chi connectivity index (χ0v) is 9.18. The third kappa shape index (κ3) is 3.95. The zero-order valence-electron chi connectivity index (χ0n) is 9.18. The number of piperidine rings is 1. The highest BCUT2D eigenvalue weighted by atomic mass is 15.1. The SMILES string of the molecule is C=CC(C)(C)CCN1CCCCC1. The Morgan fingerprint density at radius 1 is 1.23 bits per heavy atom. The molecule has 0 aliphatic carbocycles. The molecule has 76 valence electrons. The number of hydrogen-bond donors (Lipinski definition) is 0. The molecule has 13 heavy (non-hydrogen) atoms. The predicted octanol–water partition coefficient (Wildman–Crippen LogP) is 3.07. The van der Waals surface area contributed by atoms with Crippen molar-refractivity contribution in [2.75, 3.05) is 19.6 Å². The maximum absolute atomic E-state index is 3.88. The van der Waals surface area contributed by atoms with Gasteiger partial charge in [-0.3, -0.25) is 0 Å². The van der Waals surface area contributed by atoms with E-state index in [0.717, 1.165) is 0 Å². The van der Waals surface area contributed by atoms with Crippen LogP contribution in [0.1, 0.15) is 39.5 Å². The highest BCUT2D eigenvalue weighted by Crippen LogP contribution is 2.22. The summed E-state index contributed by atoms with van der Waals surface area (Å²) in [5.74, 6) is 0. The largest absolute Gasteiger partial charge is 0.303 e. The number of rotatable bonds is 4. The van der Waals surface area contributed by atoms with Gasteiger partial charge in [0.2, 0.25) is 0 Å². The van der Waals surface area contributed by atoms with Crippen LogP contribution in [0, 0.1) is 5.41 Å². The van der Waals surface area contributed by atoms with Crippen LogP contribution in [0.5, 0.6) is 0 Å². The molecule has 0 aromatic carbocycles. The molecule has 0 unspecified atom stereocenters. The molecular formula is C12H23N. The van der Waals surface area contributed by atoms with Crippen molar-refractivity contribution in [1.82, 2.24) is 4.90 Å². The minimum Gasteiger partial charge on any atom is -0.303 e. The van der Waals surface area contributed by atoms with Crippen molar-refractivity contribution >= 4 is 0 Å². The molecule has 0 N–H and O–H groups in total. The lowest BCUT2D eigenvalue weighted by molar-refractivity contribution is 0.205. The number of hydrogen-bond acceptors (Lipinski definition) is 1. The molecule has 1 heterocycles. The first-order valence-corrected chi connectivity index (χ1v) is 5.50. The summed E-state index contributed by atoms with van der Waals surface area (Å²) in [5, 5.41) is 0. The molecule has 1 rings (SSSR count). The van der Waals surface area contributed by atoms with Crippen molar-refractivity contribution < 1.29 is 0 Å². The molecule has 0 saturated carbocycles. The molecule has 1 heteroatoms. The fraction of sp³-hybridized carbons (Fsp3) is 0.833. The average Bonchev–Trinajstić information content (AvgIpc) is 2.17. The van der Waals surface area contributed by atoms with Crippen LogP contribution in [0.2, 0.25) is 0 Å². The van der Waals surface area contributed by atoms with Crippen LogP contribution in [0.3, 0.4) is 0 Å². The Balaban J connectivity index is 2.20. The Labute approximate surface area is 82.8 Å². The normalized spacial score (nSPS) is 20.2. The van der Waals surface area contributed by atoms with Crippen LogP contribution in [0.15, 0.2) is 12.7 Å². The molecular weight excluding hydrogens is 158 g/mol. The van der Waals surface area contributed by atoms with E-state index in [2.05, 4.69) is 31.4 Å². The summed E-state index contributed by atoms with van der Waals surface area (Å²) in [6.45, 7) is 12.3. The third-order valence-electron chi connectivity index (χ3n) is 3.07. The third-order valence-corrected chi connectivity index (χ3v) is 3.07. The van der Waals surface area contributed by atoms with Gasteiger partial charge in [0.25, 0.3) is 0 Å². The van der Waals surface area contributed by atoms with Crippen LogP contribution >= 0.6 is 0 Å². The lowest BCUT2D eigenvalue weighted by Crippen LogP contribution is -2.32. The van der Waals surface area contributed by atoms with Crippen LogP contribution in [0.4, 0.5) is 0 Å². The van der Waals surface area contributed by atoms with Crippen molar-refractivity contribution in [2.45, 2.75) is 39.5 Å². The van der Waals surface area contributed by atoms with E-state index in [1.54, 1.807) is 0 Å². The molecule has 1 aliphatic rings. The molecule has 1 nitrogen and oxygen atoms in total. The van der Waals surface area contributed by atoms with Crippen LogP contribution in [-0.4, -0.2) is 24.5 Å². The Morgan fingerprint density at radius 3 is 2.38 bits per heavy atom. The van der Waals surface area contributed by atoms with Crippen molar-refractivity contribution in [3.8, 4) is 0 Å². The van der Waals surface area contributed by atoms with Gasteiger partial charge in [-0.05, 0) is 44.3 Å². The first kappa shape index (κ1) is 10.8. The van der Waals surface area contributed by atoms with E-state index in [0.29, 0.717) is 5.41 Å². The molecule has 0 aromatic rings. The number of allylic oxidation sites excluding steroid dienone is 1. The summed E-state index contributed by atoms with van der Waals surface area (Å²) in [4.78, 5) is 2.59.